The maximum absolute atomic E-state index is 11.5. The molecule has 5 nitrogen and oxygen atoms in total. The Balaban J connectivity index is 2.16. The number of furan rings is 1. The highest BCUT2D eigenvalue weighted by atomic mass is 16.6. The number of hydrogen-bond donors (Lipinski definition) is 1. The zero-order chi connectivity index (χ0) is 12.5. The highest BCUT2D eigenvalue weighted by Gasteiger charge is 2.11. The molecule has 0 radical (unpaired) electrons. The molecule has 0 saturated heterocycles. The molecule has 1 aromatic heterocycles. The van der Waals surface area contributed by atoms with E-state index in [0.29, 0.717) is 19.0 Å². The van der Waals surface area contributed by atoms with Gasteiger partial charge in [0.05, 0.1) is 13.2 Å². The molecular weight excluding hydrogens is 222 g/mol. The standard InChI is InChI=1S/C12H19NO4/c1-2-3-6-15-7-8-16-12(14)11-5-4-10(9-13)17-11/h4-5H,2-3,6-9,13H2,1H3. The summed E-state index contributed by atoms with van der Waals surface area (Å²) in [7, 11) is 0. The quantitative estimate of drug-likeness (QED) is 0.554. The molecule has 0 aliphatic heterocycles. The second-order valence-corrected chi connectivity index (χ2v) is 3.57. The van der Waals surface area contributed by atoms with Gasteiger partial charge in [-0.15, -0.1) is 0 Å². The van der Waals surface area contributed by atoms with Crippen LogP contribution >= 0.6 is 0 Å². The molecule has 1 rings (SSSR count). The SMILES string of the molecule is CCCCOCCOC(=O)c1ccc(CN)o1. The van der Waals surface area contributed by atoms with Crippen molar-refractivity contribution >= 4 is 5.97 Å². The van der Waals surface area contributed by atoms with Crippen molar-refractivity contribution in [2.45, 2.75) is 26.3 Å². The molecule has 0 atom stereocenters. The van der Waals surface area contributed by atoms with Gasteiger partial charge in [0.2, 0.25) is 5.76 Å². The first kappa shape index (κ1) is 13.7. The summed E-state index contributed by atoms with van der Waals surface area (Å²) in [6, 6.07) is 3.22. The number of hydrogen-bond acceptors (Lipinski definition) is 5. The van der Waals surface area contributed by atoms with Crippen molar-refractivity contribution < 1.29 is 18.7 Å². The lowest BCUT2D eigenvalue weighted by molar-refractivity contribution is 0.0283. The van der Waals surface area contributed by atoms with Crippen LogP contribution in [0.15, 0.2) is 16.5 Å². The molecule has 0 aromatic carbocycles. The maximum Gasteiger partial charge on any atom is 0.374 e. The van der Waals surface area contributed by atoms with Crippen LogP contribution in [0.3, 0.4) is 0 Å². The molecule has 0 amide bonds. The van der Waals surface area contributed by atoms with Gasteiger partial charge in [-0.1, -0.05) is 13.3 Å². The summed E-state index contributed by atoms with van der Waals surface area (Å²) in [6.07, 6.45) is 2.11. The summed E-state index contributed by atoms with van der Waals surface area (Å²) in [5.41, 5.74) is 5.37. The van der Waals surface area contributed by atoms with Gasteiger partial charge in [-0.05, 0) is 18.6 Å². The fraction of sp³-hybridized carbons (Fsp3) is 0.583. The zero-order valence-corrected chi connectivity index (χ0v) is 10.1. The molecular formula is C12H19NO4. The van der Waals surface area contributed by atoms with Crippen molar-refractivity contribution in [3.8, 4) is 0 Å². The lowest BCUT2D eigenvalue weighted by Gasteiger charge is -2.04. The minimum atomic E-state index is -0.483. The van der Waals surface area contributed by atoms with Crippen molar-refractivity contribution in [3.05, 3.63) is 23.7 Å². The summed E-state index contributed by atoms with van der Waals surface area (Å²) < 4.78 is 15.4. The number of esters is 1. The van der Waals surface area contributed by atoms with Gasteiger partial charge in [0.15, 0.2) is 0 Å². The second kappa shape index (κ2) is 7.86. The molecule has 0 saturated carbocycles. The molecule has 0 unspecified atom stereocenters. The van der Waals surface area contributed by atoms with Crippen molar-refractivity contribution in [1.82, 2.24) is 0 Å². The summed E-state index contributed by atoms with van der Waals surface area (Å²) in [5.74, 6) is 0.263. The fourth-order valence-electron chi connectivity index (χ4n) is 1.21. The van der Waals surface area contributed by atoms with Gasteiger partial charge in [-0.3, -0.25) is 0 Å². The van der Waals surface area contributed by atoms with E-state index in [1.165, 1.54) is 0 Å². The Morgan fingerprint density at radius 3 is 2.82 bits per heavy atom. The molecule has 0 aliphatic rings. The maximum atomic E-state index is 11.5. The smallest absolute Gasteiger partial charge is 0.374 e. The first-order chi connectivity index (χ1) is 8.27. The van der Waals surface area contributed by atoms with E-state index in [2.05, 4.69) is 6.92 Å². The Morgan fingerprint density at radius 1 is 1.35 bits per heavy atom. The molecule has 1 heterocycles. The second-order valence-electron chi connectivity index (χ2n) is 3.57. The molecule has 5 heteroatoms. The highest BCUT2D eigenvalue weighted by molar-refractivity contribution is 5.86. The number of unbranched alkanes of at least 4 members (excludes halogenated alkanes) is 1. The number of rotatable bonds is 8. The van der Waals surface area contributed by atoms with Gasteiger partial charge >= 0.3 is 5.97 Å². The van der Waals surface area contributed by atoms with Crippen molar-refractivity contribution in [2.24, 2.45) is 5.73 Å². The molecule has 1 aromatic rings. The number of carbonyl (C=O) groups excluding carboxylic acids is 1. The van der Waals surface area contributed by atoms with Gasteiger partial charge in [0.1, 0.15) is 12.4 Å². The zero-order valence-electron chi connectivity index (χ0n) is 10.1. The summed E-state index contributed by atoms with van der Waals surface area (Å²) >= 11 is 0. The summed E-state index contributed by atoms with van der Waals surface area (Å²) in [5, 5.41) is 0. The number of nitrogens with two attached hydrogens (primary N) is 1. The van der Waals surface area contributed by atoms with Gasteiger partial charge in [0.25, 0.3) is 0 Å². The summed E-state index contributed by atoms with van der Waals surface area (Å²) in [6.45, 7) is 3.71. The molecule has 2 N–H and O–H groups in total. The molecule has 0 bridgehead atoms. The Bertz CT molecular complexity index is 335. The van der Waals surface area contributed by atoms with Gasteiger partial charge in [0, 0.05) is 6.61 Å². The molecule has 0 fully saturated rings. The average molecular weight is 241 g/mol. The Labute approximate surface area is 101 Å². The van der Waals surface area contributed by atoms with Crippen LogP contribution in [0.4, 0.5) is 0 Å². The van der Waals surface area contributed by atoms with E-state index >= 15 is 0 Å². The molecule has 17 heavy (non-hydrogen) atoms. The van der Waals surface area contributed by atoms with Gasteiger partial charge in [-0.2, -0.15) is 0 Å². The van der Waals surface area contributed by atoms with Gasteiger partial charge < -0.3 is 19.6 Å². The van der Waals surface area contributed by atoms with E-state index in [-0.39, 0.29) is 18.9 Å². The van der Waals surface area contributed by atoms with Crippen molar-refractivity contribution in [2.75, 3.05) is 19.8 Å². The van der Waals surface area contributed by atoms with E-state index in [0.717, 1.165) is 12.8 Å². The van der Waals surface area contributed by atoms with Crippen molar-refractivity contribution in [3.63, 3.8) is 0 Å². The third-order valence-electron chi connectivity index (χ3n) is 2.17. The largest absolute Gasteiger partial charge is 0.457 e. The van der Waals surface area contributed by atoms with E-state index < -0.39 is 5.97 Å². The Kier molecular flexibility index (Phi) is 6.35. The van der Waals surface area contributed by atoms with Crippen LogP contribution in [-0.2, 0) is 16.0 Å². The predicted molar refractivity (Wildman–Crippen MR) is 62.6 cm³/mol. The minimum absolute atomic E-state index is 0.180. The van der Waals surface area contributed by atoms with E-state index in [9.17, 15) is 4.79 Å². The molecule has 0 aliphatic carbocycles. The minimum Gasteiger partial charge on any atom is -0.457 e. The van der Waals surface area contributed by atoms with E-state index in [1.54, 1.807) is 12.1 Å². The van der Waals surface area contributed by atoms with Crippen LogP contribution in [0.2, 0.25) is 0 Å². The lowest BCUT2D eigenvalue weighted by Crippen LogP contribution is -2.10. The molecule has 96 valence electrons. The summed E-state index contributed by atoms with van der Waals surface area (Å²) in [4.78, 5) is 11.5. The average Bonchev–Trinajstić information content (AvgIpc) is 2.82. The monoisotopic (exact) mass is 241 g/mol. The van der Waals surface area contributed by atoms with Crippen molar-refractivity contribution in [1.29, 1.82) is 0 Å². The van der Waals surface area contributed by atoms with Gasteiger partial charge in [-0.25, -0.2) is 4.79 Å². The van der Waals surface area contributed by atoms with E-state index in [1.807, 2.05) is 0 Å². The van der Waals surface area contributed by atoms with Crippen LogP contribution in [0.5, 0.6) is 0 Å². The van der Waals surface area contributed by atoms with Crippen LogP contribution < -0.4 is 5.73 Å². The third-order valence-corrected chi connectivity index (χ3v) is 2.17. The Hall–Kier alpha value is -1.33. The predicted octanol–water partition coefficient (Wildman–Crippen LogP) is 1.71. The molecule has 0 spiro atoms. The van der Waals surface area contributed by atoms with Crippen LogP contribution in [-0.4, -0.2) is 25.8 Å². The first-order valence-corrected chi connectivity index (χ1v) is 5.81. The normalized spacial score (nSPS) is 10.5. The van der Waals surface area contributed by atoms with Crippen LogP contribution in [0.25, 0.3) is 0 Å². The number of carbonyl (C=O) groups is 1. The fourth-order valence-corrected chi connectivity index (χ4v) is 1.21. The van der Waals surface area contributed by atoms with Crippen LogP contribution in [0, 0.1) is 0 Å². The first-order valence-electron chi connectivity index (χ1n) is 5.81. The lowest BCUT2D eigenvalue weighted by atomic mass is 10.4. The highest BCUT2D eigenvalue weighted by Crippen LogP contribution is 2.08. The van der Waals surface area contributed by atoms with E-state index in [4.69, 9.17) is 19.6 Å². The topological polar surface area (TPSA) is 74.7 Å². The van der Waals surface area contributed by atoms with Crippen LogP contribution in [0.1, 0.15) is 36.1 Å². The Morgan fingerprint density at radius 2 is 2.18 bits per heavy atom. The third kappa shape index (κ3) is 5.01. The number of ether oxygens (including phenoxy) is 2.